The van der Waals surface area contributed by atoms with Gasteiger partial charge < -0.3 is 28.6 Å². The molecule has 0 atom stereocenters. The van der Waals surface area contributed by atoms with Crippen LogP contribution in [0.4, 0.5) is 0 Å². The van der Waals surface area contributed by atoms with Gasteiger partial charge in [0.25, 0.3) is 5.97 Å². The molecule has 3 N–H and O–H groups in total. The van der Waals surface area contributed by atoms with Gasteiger partial charge in [-0.1, -0.05) is 30.3 Å². The molecule has 0 fully saturated rings. The summed E-state index contributed by atoms with van der Waals surface area (Å²) in [4.78, 5) is 0. The SMILES string of the molecule is CCO[Si](OCC)(OCC(O)(O)O)c1ccccc1. The molecule has 108 valence electrons. The average molecular weight is 288 g/mol. The van der Waals surface area contributed by atoms with Crippen LogP contribution >= 0.6 is 0 Å². The topological polar surface area (TPSA) is 88.4 Å². The largest absolute Gasteiger partial charge is 0.537 e. The van der Waals surface area contributed by atoms with Gasteiger partial charge in [-0.05, 0) is 13.8 Å². The van der Waals surface area contributed by atoms with E-state index in [1.54, 1.807) is 26.0 Å². The molecule has 0 saturated heterocycles. The van der Waals surface area contributed by atoms with E-state index in [9.17, 15) is 0 Å². The fourth-order valence-electron chi connectivity index (χ4n) is 1.59. The van der Waals surface area contributed by atoms with Crippen LogP contribution in [0.1, 0.15) is 13.8 Å². The van der Waals surface area contributed by atoms with E-state index in [0.29, 0.717) is 18.4 Å². The highest BCUT2D eigenvalue weighted by atomic mass is 28.4. The Morgan fingerprint density at radius 2 is 1.47 bits per heavy atom. The van der Waals surface area contributed by atoms with Crippen molar-refractivity contribution in [3.63, 3.8) is 0 Å². The zero-order chi connectivity index (χ0) is 14.4. The summed E-state index contributed by atoms with van der Waals surface area (Å²) in [5, 5.41) is 27.6. The molecule has 0 aromatic heterocycles. The van der Waals surface area contributed by atoms with Crippen LogP contribution in [0.2, 0.25) is 0 Å². The molecule has 0 radical (unpaired) electrons. The lowest BCUT2D eigenvalue weighted by Crippen LogP contribution is -2.58. The molecule has 19 heavy (non-hydrogen) atoms. The van der Waals surface area contributed by atoms with Crippen molar-refractivity contribution >= 4 is 14.0 Å². The quantitative estimate of drug-likeness (QED) is 0.444. The Balaban J connectivity index is 3.00. The fourth-order valence-corrected chi connectivity index (χ4v) is 4.08. The van der Waals surface area contributed by atoms with Crippen LogP contribution in [-0.2, 0) is 13.3 Å². The molecule has 6 nitrogen and oxygen atoms in total. The third kappa shape index (κ3) is 5.00. The molecule has 0 aliphatic heterocycles. The lowest BCUT2D eigenvalue weighted by molar-refractivity contribution is -0.326. The summed E-state index contributed by atoms with van der Waals surface area (Å²) in [5.41, 5.74) is 0. The van der Waals surface area contributed by atoms with E-state index < -0.39 is 21.4 Å². The minimum atomic E-state index is -3.26. The van der Waals surface area contributed by atoms with Gasteiger partial charge in [-0.2, -0.15) is 0 Å². The van der Waals surface area contributed by atoms with E-state index in [-0.39, 0.29) is 0 Å². The van der Waals surface area contributed by atoms with E-state index in [2.05, 4.69) is 0 Å². The summed E-state index contributed by atoms with van der Waals surface area (Å²) in [6.45, 7) is 3.55. The minimum Gasteiger partial charge on any atom is -0.370 e. The Hall–Kier alpha value is -0.803. The highest BCUT2D eigenvalue weighted by Crippen LogP contribution is 2.12. The van der Waals surface area contributed by atoms with Crippen LogP contribution in [0.15, 0.2) is 30.3 Å². The van der Waals surface area contributed by atoms with Crippen LogP contribution in [-0.4, -0.2) is 49.9 Å². The van der Waals surface area contributed by atoms with Gasteiger partial charge in [-0.25, -0.2) is 0 Å². The molecule has 0 aliphatic carbocycles. The molecule has 0 bridgehead atoms. The van der Waals surface area contributed by atoms with Crippen LogP contribution < -0.4 is 5.19 Å². The summed E-state index contributed by atoms with van der Waals surface area (Å²) in [6, 6.07) is 9.02. The van der Waals surface area contributed by atoms with Crippen LogP contribution in [0.5, 0.6) is 0 Å². The fraction of sp³-hybridized carbons (Fsp3) is 0.500. The van der Waals surface area contributed by atoms with E-state index >= 15 is 0 Å². The van der Waals surface area contributed by atoms with Gasteiger partial charge in [-0.15, -0.1) is 0 Å². The second kappa shape index (κ2) is 7.11. The number of rotatable bonds is 8. The van der Waals surface area contributed by atoms with Crippen molar-refractivity contribution in [1.29, 1.82) is 0 Å². The first-order valence-electron chi connectivity index (χ1n) is 6.08. The predicted molar refractivity (Wildman–Crippen MR) is 70.4 cm³/mol. The second-order valence-electron chi connectivity index (χ2n) is 3.85. The maximum absolute atomic E-state index is 8.96. The van der Waals surface area contributed by atoms with Crippen LogP contribution in [0.25, 0.3) is 0 Å². The molecular formula is C12H20O6Si. The Labute approximate surface area is 113 Å². The van der Waals surface area contributed by atoms with Gasteiger partial charge in [0.15, 0.2) is 0 Å². The van der Waals surface area contributed by atoms with Crippen molar-refractivity contribution in [2.45, 2.75) is 19.8 Å². The molecule has 1 aromatic rings. The predicted octanol–water partition coefficient (Wildman–Crippen LogP) is -0.447. The van der Waals surface area contributed by atoms with Crippen molar-refractivity contribution in [2.75, 3.05) is 19.8 Å². The van der Waals surface area contributed by atoms with E-state index in [0.717, 1.165) is 0 Å². The first-order chi connectivity index (χ1) is 8.93. The Morgan fingerprint density at radius 3 is 1.89 bits per heavy atom. The van der Waals surface area contributed by atoms with Gasteiger partial charge in [0.2, 0.25) is 0 Å². The van der Waals surface area contributed by atoms with Gasteiger partial charge >= 0.3 is 8.80 Å². The Kier molecular flexibility index (Phi) is 6.08. The summed E-state index contributed by atoms with van der Waals surface area (Å²) < 4.78 is 16.6. The maximum atomic E-state index is 8.96. The number of aliphatic hydroxyl groups is 3. The Bertz CT molecular complexity index is 358. The molecule has 0 amide bonds. The Morgan fingerprint density at radius 1 is 0.947 bits per heavy atom. The molecule has 1 rings (SSSR count). The third-order valence-corrected chi connectivity index (χ3v) is 5.15. The lowest BCUT2D eigenvalue weighted by atomic mass is 10.4. The summed E-state index contributed by atoms with van der Waals surface area (Å²) in [5.74, 6) is -2.92. The van der Waals surface area contributed by atoms with Crippen molar-refractivity contribution < 1.29 is 28.6 Å². The standard InChI is InChI=1S/C12H20O6Si/c1-3-16-19(17-4-2,18-10-12(13,14)15)11-8-6-5-7-9-11/h5-9,13-15H,3-4,10H2,1-2H3. The number of hydrogen-bond donors (Lipinski definition) is 3. The number of hydrogen-bond acceptors (Lipinski definition) is 6. The zero-order valence-electron chi connectivity index (χ0n) is 11.1. The maximum Gasteiger partial charge on any atom is 0.537 e. The van der Waals surface area contributed by atoms with E-state index in [1.807, 2.05) is 18.2 Å². The van der Waals surface area contributed by atoms with E-state index in [1.165, 1.54) is 0 Å². The first kappa shape index (κ1) is 16.3. The van der Waals surface area contributed by atoms with Crippen molar-refractivity contribution in [3.05, 3.63) is 30.3 Å². The molecule has 7 heteroatoms. The summed E-state index contributed by atoms with van der Waals surface area (Å²) in [7, 11) is -3.26. The van der Waals surface area contributed by atoms with Gasteiger partial charge in [0.05, 0.1) is 0 Å². The van der Waals surface area contributed by atoms with Crippen molar-refractivity contribution in [3.8, 4) is 0 Å². The monoisotopic (exact) mass is 288 g/mol. The van der Waals surface area contributed by atoms with Crippen molar-refractivity contribution in [2.24, 2.45) is 0 Å². The molecule has 1 aromatic carbocycles. The number of benzene rings is 1. The lowest BCUT2D eigenvalue weighted by Gasteiger charge is -2.30. The normalized spacial score (nSPS) is 12.7. The molecule has 0 saturated carbocycles. The van der Waals surface area contributed by atoms with Crippen molar-refractivity contribution in [1.82, 2.24) is 0 Å². The van der Waals surface area contributed by atoms with Gasteiger partial charge in [0.1, 0.15) is 6.61 Å². The highest BCUT2D eigenvalue weighted by Gasteiger charge is 2.45. The molecule has 0 unspecified atom stereocenters. The first-order valence-corrected chi connectivity index (χ1v) is 7.80. The third-order valence-electron chi connectivity index (χ3n) is 2.25. The van der Waals surface area contributed by atoms with Crippen LogP contribution in [0, 0.1) is 0 Å². The minimum absolute atomic E-state index is 0.344. The molecular weight excluding hydrogens is 268 g/mol. The summed E-state index contributed by atoms with van der Waals surface area (Å²) in [6.07, 6.45) is 0. The van der Waals surface area contributed by atoms with E-state index in [4.69, 9.17) is 28.6 Å². The molecule has 0 heterocycles. The molecule has 0 spiro atoms. The smallest absolute Gasteiger partial charge is 0.370 e. The summed E-state index contributed by atoms with van der Waals surface area (Å²) >= 11 is 0. The van der Waals surface area contributed by atoms with Gasteiger partial charge in [-0.3, -0.25) is 0 Å². The zero-order valence-corrected chi connectivity index (χ0v) is 12.1. The van der Waals surface area contributed by atoms with Gasteiger partial charge in [0, 0.05) is 18.4 Å². The molecule has 0 aliphatic rings. The van der Waals surface area contributed by atoms with Crippen LogP contribution in [0.3, 0.4) is 0 Å². The average Bonchev–Trinajstić information content (AvgIpc) is 2.37. The second-order valence-corrected chi connectivity index (χ2v) is 6.41. The highest BCUT2D eigenvalue weighted by molar-refractivity contribution is 6.75.